The van der Waals surface area contributed by atoms with Crippen LogP contribution in [-0.4, -0.2) is 151 Å². The Morgan fingerprint density at radius 3 is 1.05 bits per heavy atom. The minimum atomic E-state index is -3.12. The molecule has 0 bridgehead atoms. The predicted molar refractivity (Wildman–Crippen MR) is 575 cm³/mol. The number of hydrogen-bond acceptors (Lipinski definition) is 28. The average Bonchev–Trinajstić information content (AvgIpc) is 1.72. The average molecular weight is 1970 g/mol. The molecule has 0 aliphatic carbocycles. The molecule has 15 aromatic rings. The lowest BCUT2D eigenvalue weighted by Crippen LogP contribution is -2.09. The number of rotatable bonds is 35. The molecule has 0 aliphatic rings. The van der Waals surface area contributed by atoms with Crippen molar-refractivity contribution in [2.45, 2.75) is 245 Å². The number of aliphatic hydroxyl groups is 1. The van der Waals surface area contributed by atoms with Crippen molar-refractivity contribution < 1.29 is 37.2 Å². The van der Waals surface area contributed by atoms with Crippen molar-refractivity contribution in [3.8, 4) is 85.7 Å². The number of aromatic amines is 1. The number of hydrogen-bond donors (Lipinski definition) is 7. The lowest BCUT2D eigenvalue weighted by Gasteiger charge is -2.14. The normalized spacial score (nSPS) is 11.4. The second-order valence-electron chi connectivity index (χ2n) is 36.3. The van der Waals surface area contributed by atoms with E-state index in [1.807, 2.05) is 167 Å². The van der Waals surface area contributed by atoms with Crippen LogP contribution in [-0.2, 0) is 34.9 Å². The Labute approximate surface area is 826 Å². The minimum Gasteiger partial charge on any atom is -0.491 e. The molecular weight excluding hydrogens is 1840 g/mol. The first kappa shape index (κ1) is 107. The summed E-state index contributed by atoms with van der Waals surface area (Å²) in [7, 11) is -3.12. The van der Waals surface area contributed by atoms with Crippen molar-refractivity contribution in [1.82, 2.24) is 49.8 Å². The van der Waals surface area contributed by atoms with Crippen LogP contribution in [0.5, 0.6) is 28.7 Å². The summed E-state index contributed by atoms with van der Waals surface area (Å²) in [5.74, 6) is 4.64. The molecule has 0 radical (unpaired) electrons. The third-order valence-electron chi connectivity index (χ3n) is 19.1. The number of aryl methyl sites for hydroxylation is 2. The van der Waals surface area contributed by atoms with Gasteiger partial charge in [-0.2, -0.15) is 0 Å². The van der Waals surface area contributed by atoms with Crippen molar-refractivity contribution in [2.75, 3.05) is 59.1 Å². The number of benzene rings is 5. The van der Waals surface area contributed by atoms with E-state index >= 15 is 0 Å². The molecule has 726 valence electrons. The molecule has 0 saturated carbocycles. The summed E-state index contributed by atoms with van der Waals surface area (Å²) in [6.07, 6.45) is 6.02. The zero-order valence-corrected chi connectivity index (χ0v) is 87.8. The summed E-state index contributed by atoms with van der Waals surface area (Å²) >= 11 is 7.79. The highest BCUT2D eigenvalue weighted by atomic mass is 32.2. The van der Waals surface area contributed by atoms with Crippen LogP contribution in [0, 0.1) is 19.1 Å². The highest BCUT2D eigenvalue weighted by Crippen LogP contribution is 2.40. The Morgan fingerprint density at radius 2 is 0.708 bits per heavy atom. The van der Waals surface area contributed by atoms with Crippen molar-refractivity contribution in [2.24, 2.45) is 5.92 Å². The van der Waals surface area contributed by atoms with E-state index in [0.717, 1.165) is 187 Å². The molecule has 5 aromatic carbocycles. The fourth-order valence-electron chi connectivity index (χ4n) is 13.7. The Balaban J connectivity index is 0.000000175. The zero-order chi connectivity index (χ0) is 99.3. The number of aliphatic hydroxyl groups excluding tert-OH is 1. The predicted octanol–water partition coefficient (Wildman–Crippen LogP) is 26.2. The first-order chi connectivity index (χ1) is 65.3. The molecule has 0 spiro atoms. The van der Waals surface area contributed by atoms with Crippen molar-refractivity contribution in [3.63, 3.8) is 0 Å². The summed E-state index contributed by atoms with van der Waals surface area (Å²) in [4.78, 5) is 65.0. The molecule has 7 N–H and O–H groups in total. The number of thiazole rings is 5. The van der Waals surface area contributed by atoms with E-state index in [4.69, 9.17) is 66.9 Å². The SMILES string of the molecule is CC(C)C.CC(C)Nc1nc(-c2cc(OC(C)C)c3ccc(CS(C)(=O)=O)cc3n2)cs1.CC(C)Nc1nc(-c2cc(OC(C)C)c3ccc(OCCO)cc3n2)cs1.CCCc1ccc2c(OC(C)C)cc(-c3csc(NC(C)C)n3)nc2c1.[C-]#[N+]CCCc1ccc2c(=O)cc(-c3csc(NC(C)C)n3)[nH]c2c1.[C-]#[N+]CCc1ccc2c(OC(C)C)cc(-c3csc(NC(C)C)n3)nc2c1. The van der Waals surface area contributed by atoms with Gasteiger partial charge in [0.2, 0.25) is 13.1 Å². The molecule has 0 unspecified atom stereocenters. The Kier molecular flexibility index (Phi) is 40.2. The third-order valence-corrected chi connectivity index (χ3v) is 23.8. The number of pyridine rings is 5. The lowest BCUT2D eigenvalue weighted by atomic mass is 10.1. The third kappa shape index (κ3) is 33.4. The molecule has 0 amide bonds. The topological polar surface area (TPSA) is 318 Å². The first-order valence-electron chi connectivity index (χ1n) is 46.6. The van der Waals surface area contributed by atoms with Gasteiger partial charge in [-0.1, -0.05) is 58.4 Å². The lowest BCUT2D eigenvalue weighted by molar-refractivity contribution is 0.201. The maximum Gasteiger partial charge on any atom is 0.218 e. The van der Waals surface area contributed by atoms with Crippen LogP contribution < -0.4 is 55.7 Å². The summed E-state index contributed by atoms with van der Waals surface area (Å²) in [6, 6.07) is 40.6. The fraction of sp³-hybridized carbons (Fsp3) is 0.410. The highest BCUT2D eigenvalue weighted by Gasteiger charge is 2.22. The number of aromatic nitrogens is 10. The number of nitrogens with zero attached hydrogens (tertiary/aromatic N) is 11. The van der Waals surface area contributed by atoms with Crippen LogP contribution in [0.25, 0.3) is 121 Å². The molecule has 0 atom stereocenters. The van der Waals surface area contributed by atoms with Gasteiger partial charge in [0.15, 0.2) is 40.9 Å². The van der Waals surface area contributed by atoms with E-state index in [9.17, 15) is 13.2 Å². The first-order valence-corrected chi connectivity index (χ1v) is 53.0. The van der Waals surface area contributed by atoms with E-state index < -0.39 is 9.84 Å². The molecule has 137 heavy (non-hydrogen) atoms. The Morgan fingerprint density at radius 1 is 0.387 bits per heavy atom. The summed E-state index contributed by atoms with van der Waals surface area (Å²) in [5, 5.41) is 44.3. The van der Waals surface area contributed by atoms with Gasteiger partial charge in [0.1, 0.15) is 58.1 Å². The molecule has 0 saturated heterocycles. The number of anilines is 5. The number of fused-ring (bicyclic) bond motifs is 5. The minimum absolute atomic E-state index is 0.00255. The van der Waals surface area contributed by atoms with E-state index in [2.05, 4.69) is 188 Å². The summed E-state index contributed by atoms with van der Waals surface area (Å²) in [5.41, 5.74) is 16.3. The second-order valence-corrected chi connectivity index (χ2v) is 42.7. The van der Waals surface area contributed by atoms with E-state index in [-0.39, 0.29) is 48.8 Å². The molecule has 32 heteroatoms. The standard InChI is InChI=1S/C21H24N4OS.C21H27N3OS.C20H25N3O3S2.C20H25N3O3S.C19H20N4OS.C4H10/c1-13(2)23-21-25-19(12-27-21)18-11-20(26-14(3)4)16-7-6-15(8-9-22-5)10-17(16)24-18;1-6-7-15-8-9-16-17(10-15)23-18(11-20(16)25-14(4)5)19-12-26-21(24-19)22-13(2)3;1-12(2)21-20-23-18(10-27-20)17-9-19(26-13(3)4)15-7-6-14(8-16(15)22-17)11-28(5,24)25;1-12(2)21-20-23-18(11-27-20)17-10-19(26-13(3)4)15-6-5-14(25-8-7-24)9-16(15)22-17;1-12(2)21-19-23-17(11-25-19)16-10-18(24)14-7-6-13(5-4-8-20-3)9-15(14)22-16;1-4(2)3/h6-7,10-14H,8-9H2,1-4H3,(H,23,25);8-14H,6-7H2,1-5H3,(H,22,24);6-10,12-13H,11H2,1-5H3,(H,21,23);5-6,9-13,24H,7-8H2,1-4H3,(H,21,23);6-7,9-12H,4-5,8H2,1-2H3,(H,21,23)(H,22,24);4H,1-3H3. The number of sulfone groups is 1. The van der Waals surface area contributed by atoms with Crippen LogP contribution >= 0.6 is 56.7 Å². The van der Waals surface area contributed by atoms with Gasteiger partial charge in [-0.05, 0) is 226 Å². The van der Waals surface area contributed by atoms with E-state index in [1.54, 1.807) is 40.1 Å². The highest BCUT2D eigenvalue weighted by molar-refractivity contribution is 7.89. The van der Waals surface area contributed by atoms with E-state index in [0.29, 0.717) is 77.0 Å². The smallest absolute Gasteiger partial charge is 0.218 e. The quantitative estimate of drug-likeness (QED) is 0.0143. The number of H-pyrrole nitrogens is 1. The van der Waals surface area contributed by atoms with Gasteiger partial charge in [0, 0.05) is 140 Å². The van der Waals surface area contributed by atoms with E-state index in [1.165, 1.54) is 34.5 Å². The Bertz CT molecular complexity index is 6740. The summed E-state index contributed by atoms with van der Waals surface area (Å²) < 4.78 is 53.0. The zero-order valence-electron chi connectivity index (χ0n) is 82.9. The van der Waals surface area contributed by atoms with Crippen molar-refractivity contribution in [1.29, 1.82) is 0 Å². The van der Waals surface area contributed by atoms with Gasteiger partial charge in [-0.25, -0.2) is 66.4 Å². The second kappa shape index (κ2) is 51.4. The van der Waals surface area contributed by atoms with Crippen LogP contribution in [0.1, 0.15) is 187 Å². The molecule has 0 fully saturated rings. The Hall–Kier alpha value is -12.0. The molecule has 10 aromatic heterocycles. The summed E-state index contributed by atoms with van der Waals surface area (Å²) in [6.45, 7) is 60.7. The van der Waals surface area contributed by atoms with Gasteiger partial charge >= 0.3 is 0 Å². The van der Waals surface area contributed by atoms with Crippen LogP contribution in [0.15, 0.2) is 153 Å². The molecule has 10 heterocycles. The van der Waals surface area contributed by atoms with Gasteiger partial charge in [-0.3, -0.25) is 4.79 Å². The largest absolute Gasteiger partial charge is 0.491 e. The molecule has 0 aliphatic heterocycles. The van der Waals surface area contributed by atoms with Crippen LogP contribution in [0.4, 0.5) is 25.7 Å². The number of ether oxygens (including phenoxy) is 5. The van der Waals surface area contributed by atoms with Crippen LogP contribution in [0.3, 0.4) is 0 Å². The van der Waals surface area contributed by atoms with Crippen molar-refractivity contribution >= 4 is 147 Å². The molecule has 26 nitrogen and oxygen atoms in total. The van der Waals surface area contributed by atoms with Gasteiger partial charge in [-0.15, -0.1) is 56.7 Å². The van der Waals surface area contributed by atoms with Crippen LogP contribution in [0.2, 0.25) is 0 Å². The maximum atomic E-state index is 12.4. The maximum absolute atomic E-state index is 12.4. The monoisotopic (exact) mass is 1970 g/mol. The van der Waals surface area contributed by atoms with Gasteiger partial charge in [0.25, 0.3) is 0 Å². The fourth-order valence-corrected chi connectivity index (χ4v) is 18.8. The van der Waals surface area contributed by atoms with Gasteiger partial charge in [0.05, 0.1) is 98.5 Å². The number of nitrogens with one attached hydrogen (secondary N) is 6. The molecular formula is C105H131N17O9S6. The van der Waals surface area contributed by atoms with Crippen molar-refractivity contribution in [3.05, 3.63) is 204 Å². The van der Waals surface area contributed by atoms with Gasteiger partial charge < -0.3 is 70.0 Å². The molecule has 15 rings (SSSR count).